The summed E-state index contributed by atoms with van der Waals surface area (Å²) in [6, 6.07) is 10.6. The Labute approximate surface area is 95.7 Å². The monoisotopic (exact) mass is 220 g/mol. The molecule has 0 saturated carbocycles. The SMILES string of the molecule is CCNCc1cccc(SC(C)C#N)c1. The minimum Gasteiger partial charge on any atom is -0.313 e. The van der Waals surface area contributed by atoms with E-state index in [0.717, 1.165) is 13.1 Å². The van der Waals surface area contributed by atoms with Gasteiger partial charge in [-0.25, -0.2) is 0 Å². The summed E-state index contributed by atoms with van der Waals surface area (Å²) in [5.74, 6) is 0. The Morgan fingerprint density at radius 1 is 1.53 bits per heavy atom. The van der Waals surface area contributed by atoms with Gasteiger partial charge in [0.25, 0.3) is 0 Å². The van der Waals surface area contributed by atoms with Crippen LogP contribution in [0.5, 0.6) is 0 Å². The van der Waals surface area contributed by atoms with Crippen molar-refractivity contribution in [3.8, 4) is 6.07 Å². The van der Waals surface area contributed by atoms with Gasteiger partial charge in [-0.05, 0) is 31.2 Å². The molecule has 0 aliphatic carbocycles. The molecule has 1 aromatic carbocycles. The van der Waals surface area contributed by atoms with E-state index in [2.05, 4.69) is 30.4 Å². The Balaban J connectivity index is 2.62. The highest BCUT2D eigenvalue weighted by molar-refractivity contribution is 8.00. The first-order valence-corrected chi connectivity index (χ1v) is 6.00. The summed E-state index contributed by atoms with van der Waals surface area (Å²) < 4.78 is 0. The molecule has 15 heavy (non-hydrogen) atoms. The molecule has 0 aliphatic heterocycles. The van der Waals surface area contributed by atoms with Crippen LogP contribution in [0.2, 0.25) is 0 Å². The van der Waals surface area contributed by atoms with Gasteiger partial charge in [0, 0.05) is 11.4 Å². The van der Waals surface area contributed by atoms with E-state index in [1.165, 1.54) is 10.5 Å². The van der Waals surface area contributed by atoms with E-state index in [1.807, 2.05) is 19.1 Å². The van der Waals surface area contributed by atoms with Gasteiger partial charge < -0.3 is 5.32 Å². The lowest BCUT2D eigenvalue weighted by molar-refractivity contribution is 0.725. The Bertz CT molecular complexity index is 344. The van der Waals surface area contributed by atoms with Gasteiger partial charge in [-0.3, -0.25) is 0 Å². The zero-order chi connectivity index (χ0) is 11.1. The van der Waals surface area contributed by atoms with Crippen molar-refractivity contribution in [3.05, 3.63) is 29.8 Å². The second kappa shape index (κ2) is 6.49. The van der Waals surface area contributed by atoms with E-state index < -0.39 is 0 Å². The van der Waals surface area contributed by atoms with Gasteiger partial charge in [0.15, 0.2) is 0 Å². The number of benzene rings is 1. The van der Waals surface area contributed by atoms with Crippen LogP contribution in [0.25, 0.3) is 0 Å². The van der Waals surface area contributed by atoms with E-state index in [0.29, 0.717) is 0 Å². The summed E-state index contributed by atoms with van der Waals surface area (Å²) in [7, 11) is 0. The molecule has 0 saturated heterocycles. The number of hydrogen-bond acceptors (Lipinski definition) is 3. The van der Waals surface area contributed by atoms with Crippen molar-refractivity contribution in [1.29, 1.82) is 5.26 Å². The van der Waals surface area contributed by atoms with E-state index in [4.69, 9.17) is 5.26 Å². The number of nitrogens with zero attached hydrogens (tertiary/aromatic N) is 1. The zero-order valence-corrected chi connectivity index (χ0v) is 9.97. The third kappa shape index (κ3) is 4.37. The lowest BCUT2D eigenvalue weighted by Gasteiger charge is -2.06. The summed E-state index contributed by atoms with van der Waals surface area (Å²) in [5, 5.41) is 12.0. The maximum atomic E-state index is 8.72. The molecular formula is C12H16N2S. The maximum Gasteiger partial charge on any atom is 0.0935 e. The summed E-state index contributed by atoms with van der Waals surface area (Å²) >= 11 is 1.60. The van der Waals surface area contributed by atoms with Gasteiger partial charge in [0.2, 0.25) is 0 Å². The van der Waals surface area contributed by atoms with Crippen molar-refractivity contribution in [2.24, 2.45) is 0 Å². The predicted octanol–water partition coefficient (Wildman–Crippen LogP) is 2.80. The molecule has 0 aromatic heterocycles. The fraction of sp³-hybridized carbons (Fsp3) is 0.417. The molecule has 1 rings (SSSR count). The summed E-state index contributed by atoms with van der Waals surface area (Å²) in [6.07, 6.45) is 0. The van der Waals surface area contributed by atoms with Crippen LogP contribution in [0.1, 0.15) is 19.4 Å². The molecule has 0 aliphatic rings. The molecule has 0 fully saturated rings. The molecule has 0 heterocycles. The van der Waals surface area contributed by atoms with Crippen molar-refractivity contribution in [3.63, 3.8) is 0 Å². The highest BCUT2D eigenvalue weighted by Gasteiger charge is 2.02. The van der Waals surface area contributed by atoms with Crippen molar-refractivity contribution in [2.75, 3.05) is 6.54 Å². The van der Waals surface area contributed by atoms with Crippen LogP contribution in [-0.4, -0.2) is 11.8 Å². The summed E-state index contributed by atoms with van der Waals surface area (Å²) in [6.45, 7) is 5.88. The molecule has 0 amide bonds. The number of nitriles is 1. The number of rotatable bonds is 5. The lowest BCUT2D eigenvalue weighted by Crippen LogP contribution is -2.11. The van der Waals surface area contributed by atoms with Crippen molar-refractivity contribution < 1.29 is 0 Å². The molecule has 1 N–H and O–H groups in total. The smallest absolute Gasteiger partial charge is 0.0935 e. The average Bonchev–Trinajstić information content (AvgIpc) is 2.26. The van der Waals surface area contributed by atoms with Gasteiger partial charge >= 0.3 is 0 Å². The molecule has 80 valence electrons. The largest absolute Gasteiger partial charge is 0.313 e. The van der Waals surface area contributed by atoms with Crippen LogP contribution in [0.3, 0.4) is 0 Å². The zero-order valence-electron chi connectivity index (χ0n) is 9.16. The Kier molecular flexibility index (Phi) is 5.23. The van der Waals surface area contributed by atoms with E-state index >= 15 is 0 Å². The van der Waals surface area contributed by atoms with Gasteiger partial charge in [-0.1, -0.05) is 19.1 Å². The second-order valence-electron chi connectivity index (χ2n) is 3.32. The Morgan fingerprint density at radius 2 is 2.33 bits per heavy atom. The van der Waals surface area contributed by atoms with Crippen LogP contribution in [0, 0.1) is 11.3 Å². The lowest BCUT2D eigenvalue weighted by atomic mass is 10.2. The third-order valence-electron chi connectivity index (χ3n) is 1.97. The number of nitrogens with one attached hydrogen (secondary N) is 1. The standard InChI is InChI=1S/C12H16N2S/c1-3-14-9-11-5-4-6-12(7-11)15-10(2)8-13/h4-7,10,14H,3,9H2,1-2H3. The van der Waals surface area contributed by atoms with Crippen LogP contribution in [0.4, 0.5) is 0 Å². The molecule has 0 bridgehead atoms. The third-order valence-corrected chi connectivity index (χ3v) is 2.96. The first-order chi connectivity index (χ1) is 7.26. The molecular weight excluding hydrogens is 204 g/mol. The number of thioether (sulfide) groups is 1. The van der Waals surface area contributed by atoms with Crippen molar-refractivity contribution in [2.45, 2.75) is 30.5 Å². The van der Waals surface area contributed by atoms with Crippen molar-refractivity contribution >= 4 is 11.8 Å². The number of hydrogen-bond donors (Lipinski definition) is 1. The fourth-order valence-corrected chi connectivity index (χ4v) is 2.07. The second-order valence-corrected chi connectivity index (χ2v) is 4.73. The molecule has 0 spiro atoms. The highest BCUT2D eigenvalue weighted by Crippen LogP contribution is 2.23. The average molecular weight is 220 g/mol. The van der Waals surface area contributed by atoms with Gasteiger partial charge in [-0.2, -0.15) is 5.26 Å². The van der Waals surface area contributed by atoms with E-state index in [9.17, 15) is 0 Å². The molecule has 0 radical (unpaired) electrons. The molecule has 1 atom stereocenters. The minimum atomic E-state index is 0.0133. The normalized spacial score (nSPS) is 12.1. The maximum absolute atomic E-state index is 8.72. The fourth-order valence-electron chi connectivity index (χ4n) is 1.23. The van der Waals surface area contributed by atoms with Crippen LogP contribution in [0.15, 0.2) is 29.2 Å². The van der Waals surface area contributed by atoms with Gasteiger partial charge in [-0.15, -0.1) is 11.8 Å². The Morgan fingerprint density at radius 3 is 3.00 bits per heavy atom. The molecule has 1 aromatic rings. The summed E-state index contributed by atoms with van der Waals surface area (Å²) in [5.41, 5.74) is 1.27. The quantitative estimate of drug-likeness (QED) is 0.775. The predicted molar refractivity (Wildman–Crippen MR) is 64.8 cm³/mol. The highest BCUT2D eigenvalue weighted by atomic mass is 32.2. The molecule has 3 heteroatoms. The van der Waals surface area contributed by atoms with Crippen LogP contribution < -0.4 is 5.32 Å². The first kappa shape index (κ1) is 12.1. The van der Waals surface area contributed by atoms with E-state index in [1.54, 1.807) is 11.8 Å². The molecule has 1 unspecified atom stereocenters. The first-order valence-electron chi connectivity index (χ1n) is 5.12. The minimum absolute atomic E-state index is 0.0133. The topological polar surface area (TPSA) is 35.8 Å². The van der Waals surface area contributed by atoms with Crippen LogP contribution in [-0.2, 0) is 6.54 Å². The van der Waals surface area contributed by atoms with Gasteiger partial charge in [0.05, 0.1) is 11.3 Å². The molecule has 2 nitrogen and oxygen atoms in total. The Hall–Kier alpha value is -0.980. The van der Waals surface area contributed by atoms with Crippen molar-refractivity contribution in [1.82, 2.24) is 5.32 Å². The van der Waals surface area contributed by atoms with Crippen LogP contribution >= 0.6 is 11.8 Å². The van der Waals surface area contributed by atoms with E-state index in [-0.39, 0.29) is 5.25 Å². The van der Waals surface area contributed by atoms with Gasteiger partial charge in [0.1, 0.15) is 0 Å². The summed E-state index contributed by atoms with van der Waals surface area (Å²) in [4.78, 5) is 1.17.